The minimum absolute atomic E-state index is 0.0889. The van der Waals surface area contributed by atoms with Crippen molar-refractivity contribution in [2.24, 2.45) is 12.8 Å². The second-order valence-electron chi connectivity index (χ2n) is 4.02. The predicted molar refractivity (Wildman–Crippen MR) is 63.8 cm³/mol. The Hall–Kier alpha value is -1.68. The fraction of sp³-hybridized carbons (Fsp3) is 0.333. The van der Waals surface area contributed by atoms with Crippen LogP contribution in [-0.4, -0.2) is 20.8 Å². The van der Waals surface area contributed by atoms with Gasteiger partial charge in [-0.05, 0) is 6.92 Å². The third-order valence-electron chi connectivity index (χ3n) is 2.34. The van der Waals surface area contributed by atoms with Gasteiger partial charge in [-0.2, -0.15) is 5.10 Å². The topological polar surface area (TPSA) is 56.7 Å². The van der Waals surface area contributed by atoms with E-state index in [0.717, 1.165) is 17.2 Å². The van der Waals surface area contributed by atoms with E-state index in [9.17, 15) is 0 Å². The summed E-state index contributed by atoms with van der Waals surface area (Å²) < 4.78 is 1.80. The van der Waals surface area contributed by atoms with Crippen LogP contribution < -0.4 is 5.73 Å². The molecule has 2 N–H and O–H groups in total. The number of hydrogen-bond acceptors (Lipinski definition) is 3. The van der Waals surface area contributed by atoms with Crippen LogP contribution in [0.5, 0.6) is 0 Å². The monoisotopic (exact) mass is 216 g/mol. The maximum Gasteiger partial charge on any atom is 0.158 e. The van der Waals surface area contributed by atoms with Crippen molar-refractivity contribution in [3.8, 4) is 11.4 Å². The average molecular weight is 216 g/mol. The molecule has 4 heteroatoms. The highest BCUT2D eigenvalue weighted by molar-refractivity contribution is 5.54. The molecular weight excluding hydrogens is 200 g/mol. The molecule has 0 radical (unpaired) electrons. The van der Waals surface area contributed by atoms with E-state index in [0.29, 0.717) is 6.42 Å². The highest BCUT2D eigenvalue weighted by Crippen LogP contribution is 2.15. The predicted octanol–water partition coefficient (Wildman–Crippen LogP) is 1.37. The molecule has 0 fully saturated rings. The Bertz CT molecular complexity index is 459. The first-order valence-electron chi connectivity index (χ1n) is 5.37. The molecule has 1 aromatic carbocycles. The number of aromatic nitrogens is 3. The van der Waals surface area contributed by atoms with Crippen LogP contribution in [0.4, 0.5) is 0 Å². The summed E-state index contributed by atoms with van der Waals surface area (Å²) in [6.07, 6.45) is 0.709. The van der Waals surface area contributed by atoms with Gasteiger partial charge in [0.1, 0.15) is 0 Å². The first-order valence-corrected chi connectivity index (χ1v) is 5.37. The summed E-state index contributed by atoms with van der Waals surface area (Å²) in [6.45, 7) is 1.96. The van der Waals surface area contributed by atoms with Crippen LogP contribution in [0.25, 0.3) is 11.4 Å². The molecule has 16 heavy (non-hydrogen) atoms. The molecule has 0 saturated heterocycles. The molecule has 0 amide bonds. The van der Waals surface area contributed by atoms with E-state index in [4.69, 9.17) is 5.73 Å². The summed E-state index contributed by atoms with van der Waals surface area (Å²) in [6, 6.07) is 10.1. The van der Waals surface area contributed by atoms with E-state index in [1.165, 1.54) is 0 Å². The van der Waals surface area contributed by atoms with Gasteiger partial charge >= 0.3 is 0 Å². The Balaban J connectivity index is 2.32. The zero-order chi connectivity index (χ0) is 11.5. The maximum atomic E-state index is 5.73. The van der Waals surface area contributed by atoms with Crippen molar-refractivity contribution in [3.63, 3.8) is 0 Å². The van der Waals surface area contributed by atoms with Gasteiger partial charge in [0, 0.05) is 25.1 Å². The quantitative estimate of drug-likeness (QED) is 0.843. The van der Waals surface area contributed by atoms with Crippen molar-refractivity contribution in [1.82, 2.24) is 14.8 Å². The van der Waals surface area contributed by atoms with Gasteiger partial charge < -0.3 is 5.73 Å². The minimum Gasteiger partial charge on any atom is -0.328 e. The van der Waals surface area contributed by atoms with Crippen molar-refractivity contribution in [2.45, 2.75) is 19.4 Å². The van der Waals surface area contributed by atoms with Crippen molar-refractivity contribution >= 4 is 0 Å². The molecule has 4 nitrogen and oxygen atoms in total. The average Bonchev–Trinajstić information content (AvgIpc) is 2.60. The van der Waals surface area contributed by atoms with E-state index >= 15 is 0 Å². The highest BCUT2D eigenvalue weighted by Gasteiger charge is 2.09. The van der Waals surface area contributed by atoms with Crippen LogP contribution in [0.3, 0.4) is 0 Å². The molecule has 0 spiro atoms. The first kappa shape index (κ1) is 10.8. The lowest BCUT2D eigenvalue weighted by Gasteiger charge is -1.98. The van der Waals surface area contributed by atoms with Gasteiger partial charge in [-0.3, -0.25) is 0 Å². The van der Waals surface area contributed by atoms with Gasteiger partial charge in [0.05, 0.1) is 0 Å². The number of aryl methyl sites for hydroxylation is 1. The van der Waals surface area contributed by atoms with Crippen LogP contribution in [0.15, 0.2) is 30.3 Å². The van der Waals surface area contributed by atoms with Crippen LogP contribution in [0, 0.1) is 0 Å². The van der Waals surface area contributed by atoms with E-state index in [2.05, 4.69) is 10.1 Å². The Morgan fingerprint density at radius 3 is 2.62 bits per heavy atom. The maximum absolute atomic E-state index is 5.73. The fourth-order valence-electron chi connectivity index (χ4n) is 1.65. The molecule has 0 bridgehead atoms. The zero-order valence-corrected chi connectivity index (χ0v) is 9.59. The Labute approximate surface area is 95.1 Å². The number of nitrogens with zero attached hydrogens (tertiary/aromatic N) is 3. The number of rotatable bonds is 3. The van der Waals surface area contributed by atoms with Crippen molar-refractivity contribution in [2.75, 3.05) is 0 Å². The largest absolute Gasteiger partial charge is 0.328 e. The van der Waals surface area contributed by atoms with Crippen LogP contribution >= 0.6 is 0 Å². The van der Waals surface area contributed by atoms with Gasteiger partial charge in [-0.15, -0.1) is 0 Å². The van der Waals surface area contributed by atoms with Crippen molar-refractivity contribution in [3.05, 3.63) is 36.2 Å². The highest BCUT2D eigenvalue weighted by atomic mass is 15.3. The zero-order valence-electron chi connectivity index (χ0n) is 9.59. The van der Waals surface area contributed by atoms with Crippen LogP contribution in [0.1, 0.15) is 12.7 Å². The standard InChI is InChI=1S/C12H16N4/c1-9(13)8-11-14-12(16(2)15-11)10-6-4-3-5-7-10/h3-7,9H,8,13H2,1-2H3. The lowest BCUT2D eigenvalue weighted by Crippen LogP contribution is -2.18. The summed E-state index contributed by atoms with van der Waals surface area (Å²) in [5.41, 5.74) is 6.81. The molecule has 1 heterocycles. The smallest absolute Gasteiger partial charge is 0.158 e. The third-order valence-corrected chi connectivity index (χ3v) is 2.34. The normalized spacial score (nSPS) is 12.7. The first-order chi connectivity index (χ1) is 7.66. The molecule has 2 aromatic rings. The van der Waals surface area contributed by atoms with E-state index in [-0.39, 0.29) is 6.04 Å². The van der Waals surface area contributed by atoms with Crippen molar-refractivity contribution < 1.29 is 0 Å². The SMILES string of the molecule is CC(N)Cc1nc(-c2ccccc2)n(C)n1. The molecule has 2 rings (SSSR count). The summed E-state index contributed by atoms with van der Waals surface area (Å²) in [5, 5.41) is 4.35. The van der Waals surface area contributed by atoms with E-state index in [1.807, 2.05) is 44.3 Å². The van der Waals surface area contributed by atoms with Gasteiger partial charge in [0.2, 0.25) is 0 Å². The summed E-state index contributed by atoms with van der Waals surface area (Å²) >= 11 is 0. The molecular formula is C12H16N4. The van der Waals surface area contributed by atoms with Gasteiger partial charge in [0.15, 0.2) is 11.6 Å². The molecule has 1 atom stereocenters. The number of nitrogens with two attached hydrogens (primary N) is 1. The number of benzene rings is 1. The number of hydrogen-bond donors (Lipinski definition) is 1. The third kappa shape index (κ3) is 2.28. The summed E-state index contributed by atoms with van der Waals surface area (Å²) in [4.78, 5) is 4.49. The van der Waals surface area contributed by atoms with E-state index < -0.39 is 0 Å². The van der Waals surface area contributed by atoms with Gasteiger partial charge in [-0.1, -0.05) is 30.3 Å². The molecule has 1 aromatic heterocycles. The summed E-state index contributed by atoms with van der Waals surface area (Å²) in [5.74, 6) is 1.69. The second kappa shape index (κ2) is 4.45. The van der Waals surface area contributed by atoms with Crippen LogP contribution in [-0.2, 0) is 13.5 Å². The lowest BCUT2D eigenvalue weighted by atomic mass is 10.2. The molecule has 0 aliphatic heterocycles. The van der Waals surface area contributed by atoms with E-state index in [1.54, 1.807) is 4.68 Å². The molecule has 1 unspecified atom stereocenters. The Kier molecular flexibility index (Phi) is 3.01. The molecule has 84 valence electrons. The fourth-order valence-corrected chi connectivity index (χ4v) is 1.65. The van der Waals surface area contributed by atoms with Gasteiger partial charge in [-0.25, -0.2) is 9.67 Å². The molecule has 0 aliphatic rings. The second-order valence-corrected chi connectivity index (χ2v) is 4.02. The minimum atomic E-state index is 0.0889. The summed E-state index contributed by atoms with van der Waals surface area (Å²) in [7, 11) is 1.90. The lowest BCUT2D eigenvalue weighted by molar-refractivity contribution is 0.681. The molecule has 0 saturated carbocycles. The van der Waals surface area contributed by atoms with Crippen LogP contribution in [0.2, 0.25) is 0 Å². The Morgan fingerprint density at radius 2 is 2.00 bits per heavy atom. The Morgan fingerprint density at radius 1 is 1.31 bits per heavy atom. The molecule has 0 aliphatic carbocycles. The van der Waals surface area contributed by atoms with Gasteiger partial charge in [0.25, 0.3) is 0 Å². The van der Waals surface area contributed by atoms with Crippen molar-refractivity contribution in [1.29, 1.82) is 0 Å².